The smallest absolute Gasteiger partial charge is 0.493 e. The molecule has 0 saturated heterocycles. The zero-order chi connectivity index (χ0) is 21.7. The Bertz CT molecular complexity index is 909. The van der Waals surface area contributed by atoms with Crippen molar-refractivity contribution in [2.24, 2.45) is 4.99 Å². The van der Waals surface area contributed by atoms with Crippen LogP contribution in [0.15, 0.2) is 47.5 Å². The summed E-state index contributed by atoms with van der Waals surface area (Å²) in [7, 11) is 4.79. The van der Waals surface area contributed by atoms with Crippen molar-refractivity contribution < 1.29 is 27.4 Å². The number of benzene rings is 2. The SMILES string of the molecule is CN=C(NCc1ccc(OC)c(OC)c1)NC1CC1c1ccccc1OC(F)(F)F.I. The first-order valence-corrected chi connectivity index (χ1v) is 9.37. The monoisotopic (exact) mass is 551 g/mol. The van der Waals surface area contributed by atoms with Crippen LogP contribution in [0.2, 0.25) is 0 Å². The minimum Gasteiger partial charge on any atom is -0.493 e. The van der Waals surface area contributed by atoms with Crippen molar-refractivity contribution >= 4 is 29.9 Å². The van der Waals surface area contributed by atoms with Crippen molar-refractivity contribution in [1.82, 2.24) is 10.6 Å². The number of halogens is 4. The normalized spacial score (nSPS) is 17.9. The molecule has 0 bridgehead atoms. The van der Waals surface area contributed by atoms with Crippen molar-refractivity contribution in [3.8, 4) is 17.2 Å². The predicted octanol–water partition coefficient (Wildman–Crippen LogP) is 4.44. The fourth-order valence-corrected chi connectivity index (χ4v) is 3.25. The molecule has 3 rings (SSSR count). The number of nitrogens with one attached hydrogen (secondary N) is 2. The highest BCUT2D eigenvalue weighted by molar-refractivity contribution is 14.0. The molecule has 2 aromatic carbocycles. The molecular weight excluding hydrogens is 526 g/mol. The Morgan fingerprint density at radius 3 is 2.42 bits per heavy atom. The number of hydrogen-bond donors (Lipinski definition) is 2. The van der Waals surface area contributed by atoms with Crippen LogP contribution in [-0.2, 0) is 6.54 Å². The Kier molecular flexibility index (Phi) is 8.66. The van der Waals surface area contributed by atoms with Crippen LogP contribution in [0.25, 0.3) is 0 Å². The lowest BCUT2D eigenvalue weighted by Gasteiger charge is -2.15. The molecule has 10 heteroatoms. The van der Waals surface area contributed by atoms with Crippen LogP contribution in [0.4, 0.5) is 13.2 Å². The molecule has 0 heterocycles. The van der Waals surface area contributed by atoms with Crippen LogP contribution in [-0.4, -0.2) is 39.6 Å². The van der Waals surface area contributed by atoms with Crippen LogP contribution in [0, 0.1) is 0 Å². The van der Waals surface area contributed by atoms with Crippen LogP contribution in [0.3, 0.4) is 0 Å². The summed E-state index contributed by atoms with van der Waals surface area (Å²) in [5.74, 6) is 1.59. The van der Waals surface area contributed by atoms with Crippen LogP contribution >= 0.6 is 24.0 Å². The van der Waals surface area contributed by atoms with Gasteiger partial charge in [-0.25, -0.2) is 0 Å². The van der Waals surface area contributed by atoms with E-state index in [-0.39, 0.29) is 41.7 Å². The lowest BCUT2D eigenvalue weighted by molar-refractivity contribution is -0.274. The first kappa shape index (κ1) is 24.9. The number of alkyl halides is 3. The van der Waals surface area contributed by atoms with E-state index in [2.05, 4.69) is 20.4 Å². The van der Waals surface area contributed by atoms with E-state index in [0.29, 0.717) is 36.0 Å². The zero-order valence-electron chi connectivity index (χ0n) is 17.3. The van der Waals surface area contributed by atoms with Crippen molar-refractivity contribution in [3.63, 3.8) is 0 Å². The molecule has 0 radical (unpaired) electrons. The summed E-state index contributed by atoms with van der Waals surface area (Å²) in [6, 6.07) is 11.8. The van der Waals surface area contributed by atoms with Gasteiger partial charge in [0.2, 0.25) is 0 Å². The highest BCUT2D eigenvalue weighted by Crippen LogP contribution is 2.45. The fourth-order valence-electron chi connectivity index (χ4n) is 3.25. The third-order valence-electron chi connectivity index (χ3n) is 4.79. The summed E-state index contributed by atoms with van der Waals surface area (Å²) in [4.78, 5) is 4.20. The van der Waals surface area contributed by atoms with Gasteiger partial charge < -0.3 is 24.8 Å². The number of hydrogen-bond acceptors (Lipinski definition) is 4. The molecule has 2 atom stereocenters. The van der Waals surface area contributed by atoms with Gasteiger partial charge in [0.05, 0.1) is 14.2 Å². The van der Waals surface area contributed by atoms with Crippen molar-refractivity contribution in [2.75, 3.05) is 21.3 Å². The molecule has 1 aliphatic carbocycles. The summed E-state index contributed by atoms with van der Waals surface area (Å²) in [6.45, 7) is 0.491. The molecule has 2 unspecified atom stereocenters. The van der Waals surface area contributed by atoms with E-state index in [9.17, 15) is 13.2 Å². The molecule has 170 valence electrons. The van der Waals surface area contributed by atoms with Gasteiger partial charge in [-0.15, -0.1) is 37.1 Å². The first-order chi connectivity index (χ1) is 14.3. The summed E-state index contributed by atoms with van der Waals surface area (Å²) >= 11 is 0. The highest BCUT2D eigenvalue weighted by Gasteiger charge is 2.42. The van der Waals surface area contributed by atoms with E-state index >= 15 is 0 Å². The van der Waals surface area contributed by atoms with Crippen LogP contribution < -0.4 is 24.8 Å². The second kappa shape index (κ2) is 10.8. The standard InChI is InChI=1S/C21H24F3N3O3.HI/c1-25-20(26-12-13-8-9-18(28-2)19(10-13)29-3)27-16-11-15(16)14-6-4-5-7-17(14)30-21(22,23)24;/h4-10,15-16H,11-12H2,1-3H3,(H2,25,26,27);1H. The largest absolute Gasteiger partial charge is 0.573 e. The molecule has 6 nitrogen and oxygen atoms in total. The third-order valence-corrected chi connectivity index (χ3v) is 4.79. The Morgan fingerprint density at radius 2 is 1.77 bits per heavy atom. The molecule has 0 spiro atoms. The molecule has 1 fully saturated rings. The number of guanidine groups is 1. The lowest BCUT2D eigenvalue weighted by Crippen LogP contribution is -2.38. The number of ether oxygens (including phenoxy) is 3. The van der Waals surface area contributed by atoms with E-state index in [0.717, 1.165) is 5.56 Å². The topological polar surface area (TPSA) is 64.1 Å². The number of nitrogens with zero attached hydrogens (tertiary/aromatic N) is 1. The van der Waals surface area contributed by atoms with Gasteiger partial charge in [0.15, 0.2) is 17.5 Å². The highest BCUT2D eigenvalue weighted by atomic mass is 127. The molecule has 1 saturated carbocycles. The molecule has 0 aliphatic heterocycles. The van der Waals surface area contributed by atoms with Crippen molar-refractivity contribution in [2.45, 2.75) is 31.3 Å². The molecular formula is C21H25F3IN3O3. The Morgan fingerprint density at radius 1 is 1.06 bits per heavy atom. The van der Waals surface area contributed by atoms with Gasteiger partial charge in [-0.3, -0.25) is 4.99 Å². The maximum Gasteiger partial charge on any atom is 0.573 e. The Balaban J connectivity index is 0.00000341. The van der Waals surface area contributed by atoms with Gasteiger partial charge in [-0.1, -0.05) is 24.3 Å². The summed E-state index contributed by atoms with van der Waals surface area (Å²) < 4.78 is 52.6. The molecule has 0 aromatic heterocycles. The Labute approximate surface area is 196 Å². The number of para-hydroxylation sites is 1. The van der Waals surface area contributed by atoms with Gasteiger partial charge in [0, 0.05) is 25.6 Å². The molecule has 0 amide bonds. The fraction of sp³-hybridized carbons (Fsp3) is 0.381. The summed E-state index contributed by atoms with van der Waals surface area (Å²) in [6.07, 6.45) is -4.03. The molecule has 1 aliphatic rings. The lowest BCUT2D eigenvalue weighted by atomic mass is 10.1. The van der Waals surface area contributed by atoms with Crippen molar-refractivity contribution in [3.05, 3.63) is 53.6 Å². The number of methoxy groups -OCH3 is 2. The van der Waals surface area contributed by atoms with Crippen LogP contribution in [0.5, 0.6) is 17.2 Å². The van der Waals surface area contributed by atoms with E-state index < -0.39 is 6.36 Å². The molecule has 2 N–H and O–H groups in total. The average molecular weight is 551 g/mol. The third kappa shape index (κ3) is 6.81. The Hall–Kier alpha value is -2.37. The predicted molar refractivity (Wildman–Crippen MR) is 123 cm³/mol. The van der Waals surface area contributed by atoms with E-state index in [4.69, 9.17) is 9.47 Å². The van der Waals surface area contributed by atoms with Crippen molar-refractivity contribution in [1.29, 1.82) is 0 Å². The van der Waals surface area contributed by atoms with E-state index in [1.165, 1.54) is 12.1 Å². The molecule has 2 aromatic rings. The maximum absolute atomic E-state index is 12.6. The van der Waals surface area contributed by atoms with Gasteiger partial charge in [-0.2, -0.15) is 0 Å². The zero-order valence-corrected chi connectivity index (χ0v) is 19.7. The summed E-state index contributed by atoms with van der Waals surface area (Å²) in [5.41, 5.74) is 1.49. The second-order valence-corrected chi connectivity index (χ2v) is 6.79. The second-order valence-electron chi connectivity index (χ2n) is 6.79. The minimum atomic E-state index is -4.72. The van der Waals surface area contributed by atoms with E-state index in [1.54, 1.807) is 33.4 Å². The van der Waals surface area contributed by atoms with Gasteiger partial charge in [-0.05, 0) is 35.7 Å². The average Bonchev–Trinajstić information content (AvgIpc) is 3.48. The number of aliphatic imine (C=N–C) groups is 1. The summed E-state index contributed by atoms with van der Waals surface area (Å²) in [5, 5.41) is 6.45. The maximum atomic E-state index is 12.6. The van der Waals surface area contributed by atoms with Gasteiger partial charge >= 0.3 is 6.36 Å². The minimum absolute atomic E-state index is 0. The van der Waals surface area contributed by atoms with Crippen LogP contribution in [0.1, 0.15) is 23.5 Å². The number of rotatable bonds is 7. The van der Waals surface area contributed by atoms with Gasteiger partial charge in [0.25, 0.3) is 0 Å². The first-order valence-electron chi connectivity index (χ1n) is 9.37. The van der Waals surface area contributed by atoms with E-state index in [1.807, 2.05) is 18.2 Å². The quantitative estimate of drug-likeness (QED) is 0.303. The molecule has 31 heavy (non-hydrogen) atoms. The van der Waals surface area contributed by atoms with Gasteiger partial charge in [0.1, 0.15) is 5.75 Å².